The lowest BCUT2D eigenvalue weighted by Gasteiger charge is -2.29. The molecule has 2 rings (SSSR count). The van der Waals surface area contributed by atoms with E-state index in [1.807, 2.05) is 31.2 Å². The number of benzene rings is 1. The molecule has 6 heteroatoms. The number of amides is 1. The lowest BCUT2D eigenvalue weighted by atomic mass is 10.1. The van der Waals surface area contributed by atoms with E-state index in [0.717, 1.165) is 56.6 Å². The van der Waals surface area contributed by atoms with Gasteiger partial charge < -0.3 is 19.6 Å². The molecular weight excluding hydrogens is 332 g/mol. The number of carbonyl (C=O) groups excluding carboxylic acids is 1. The van der Waals surface area contributed by atoms with Gasteiger partial charge in [0.25, 0.3) is 0 Å². The first-order valence-corrected chi connectivity index (χ1v) is 9.37. The van der Waals surface area contributed by atoms with Crippen molar-refractivity contribution in [2.75, 3.05) is 32.8 Å². The number of nitrogens with zero attached hydrogens (tertiary/aromatic N) is 2. The number of rotatable bonds is 8. The summed E-state index contributed by atoms with van der Waals surface area (Å²) in [4.78, 5) is 26.7. The van der Waals surface area contributed by atoms with Gasteiger partial charge in [-0.1, -0.05) is 18.2 Å². The fraction of sp³-hybridized carbons (Fsp3) is 0.600. The van der Waals surface area contributed by atoms with E-state index in [1.165, 1.54) is 11.8 Å². The van der Waals surface area contributed by atoms with Crippen molar-refractivity contribution in [3.8, 4) is 5.75 Å². The van der Waals surface area contributed by atoms with Crippen LogP contribution in [-0.4, -0.2) is 65.6 Å². The van der Waals surface area contributed by atoms with Crippen LogP contribution in [0, 0.1) is 6.92 Å². The molecule has 26 heavy (non-hydrogen) atoms. The largest absolute Gasteiger partial charge is 0.493 e. The van der Waals surface area contributed by atoms with Gasteiger partial charge in [-0.05, 0) is 50.8 Å². The predicted molar refractivity (Wildman–Crippen MR) is 100 cm³/mol. The molecule has 1 saturated heterocycles. The maximum atomic E-state index is 11.8. The van der Waals surface area contributed by atoms with E-state index in [9.17, 15) is 9.59 Å². The molecule has 0 radical (unpaired) electrons. The molecule has 1 unspecified atom stereocenters. The van der Waals surface area contributed by atoms with Crippen LogP contribution in [0.15, 0.2) is 24.3 Å². The Balaban J connectivity index is 1.75. The van der Waals surface area contributed by atoms with Gasteiger partial charge in [0, 0.05) is 26.1 Å². The number of carbonyl (C=O) groups is 2. The zero-order valence-electron chi connectivity index (χ0n) is 15.8. The molecule has 0 aromatic heterocycles. The smallest absolute Gasteiger partial charge is 0.323 e. The van der Waals surface area contributed by atoms with Crippen LogP contribution in [-0.2, 0) is 9.59 Å². The van der Waals surface area contributed by atoms with E-state index < -0.39 is 5.97 Å². The number of likely N-dealkylation sites (tertiary alicyclic amines) is 1. The second kappa shape index (κ2) is 10.2. The van der Waals surface area contributed by atoms with Crippen molar-refractivity contribution in [2.45, 2.75) is 45.6 Å². The summed E-state index contributed by atoms with van der Waals surface area (Å²) in [5.74, 6) is -0.165. The molecule has 0 saturated carbocycles. The van der Waals surface area contributed by atoms with Crippen LogP contribution in [0.25, 0.3) is 0 Å². The van der Waals surface area contributed by atoms with Crippen molar-refractivity contribution in [2.24, 2.45) is 0 Å². The number of para-hydroxylation sites is 1. The van der Waals surface area contributed by atoms with E-state index in [4.69, 9.17) is 9.84 Å². The Morgan fingerprint density at radius 2 is 2.04 bits per heavy atom. The highest BCUT2D eigenvalue weighted by Crippen LogP contribution is 2.18. The molecule has 0 spiro atoms. The van der Waals surface area contributed by atoms with Gasteiger partial charge in [0.2, 0.25) is 5.91 Å². The van der Waals surface area contributed by atoms with Crippen molar-refractivity contribution in [3.63, 3.8) is 0 Å². The minimum atomic E-state index is -0.949. The summed E-state index contributed by atoms with van der Waals surface area (Å²) in [6.07, 6.45) is 3.62. The van der Waals surface area contributed by atoms with Crippen LogP contribution in [0.2, 0.25) is 0 Å². The van der Waals surface area contributed by atoms with Gasteiger partial charge >= 0.3 is 5.97 Å². The third-order valence-corrected chi connectivity index (χ3v) is 4.91. The zero-order chi connectivity index (χ0) is 18.9. The van der Waals surface area contributed by atoms with Crippen molar-refractivity contribution in [1.29, 1.82) is 0 Å². The fourth-order valence-electron chi connectivity index (χ4n) is 3.51. The number of carboxylic acids is 1. The molecule has 1 heterocycles. The first-order chi connectivity index (χ1) is 12.5. The van der Waals surface area contributed by atoms with Crippen LogP contribution in [0.5, 0.6) is 5.75 Å². The van der Waals surface area contributed by atoms with Crippen LogP contribution in [0.1, 0.15) is 38.2 Å². The summed E-state index contributed by atoms with van der Waals surface area (Å²) in [6, 6.07) is 8.05. The molecule has 144 valence electrons. The number of aliphatic carboxylic acids is 1. The normalized spacial score (nSPS) is 18.2. The van der Waals surface area contributed by atoms with Gasteiger partial charge in [-0.3, -0.25) is 9.59 Å². The average Bonchev–Trinajstić information content (AvgIpc) is 2.83. The van der Waals surface area contributed by atoms with Crippen LogP contribution in [0.3, 0.4) is 0 Å². The van der Waals surface area contributed by atoms with Gasteiger partial charge in [-0.2, -0.15) is 0 Å². The third-order valence-electron chi connectivity index (χ3n) is 4.91. The monoisotopic (exact) mass is 362 g/mol. The minimum Gasteiger partial charge on any atom is -0.493 e. The summed E-state index contributed by atoms with van der Waals surface area (Å²) in [6.45, 7) is 6.81. The minimum absolute atomic E-state index is 0.0248. The van der Waals surface area contributed by atoms with Gasteiger partial charge in [0.05, 0.1) is 6.61 Å². The van der Waals surface area contributed by atoms with E-state index in [0.29, 0.717) is 6.61 Å². The summed E-state index contributed by atoms with van der Waals surface area (Å²) >= 11 is 0. The topological polar surface area (TPSA) is 70.1 Å². The first-order valence-electron chi connectivity index (χ1n) is 9.37. The predicted octanol–water partition coefficient (Wildman–Crippen LogP) is 2.55. The highest BCUT2D eigenvalue weighted by Gasteiger charge is 2.25. The van der Waals surface area contributed by atoms with Crippen molar-refractivity contribution in [3.05, 3.63) is 29.8 Å². The lowest BCUT2D eigenvalue weighted by Crippen LogP contribution is -2.42. The maximum absolute atomic E-state index is 11.8. The fourth-order valence-corrected chi connectivity index (χ4v) is 3.51. The molecule has 1 aliphatic rings. The van der Waals surface area contributed by atoms with Crippen LogP contribution < -0.4 is 4.74 Å². The van der Waals surface area contributed by atoms with E-state index in [2.05, 4.69) is 4.90 Å². The Morgan fingerprint density at radius 3 is 2.73 bits per heavy atom. The molecule has 1 fully saturated rings. The quantitative estimate of drug-likeness (QED) is 0.720. The van der Waals surface area contributed by atoms with E-state index >= 15 is 0 Å². The van der Waals surface area contributed by atoms with Crippen molar-refractivity contribution in [1.82, 2.24) is 9.80 Å². The molecule has 0 bridgehead atoms. The number of carboxylic acid groups (broad SMARTS) is 1. The average molecular weight is 362 g/mol. The Morgan fingerprint density at radius 1 is 1.27 bits per heavy atom. The molecule has 1 atom stereocenters. The van der Waals surface area contributed by atoms with Crippen molar-refractivity contribution < 1.29 is 19.4 Å². The highest BCUT2D eigenvalue weighted by atomic mass is 16.5. The molecule has 1 aromatic carbocycles. The Kier molecular flexibility index (Phi) is 7.91. The molecule has 1 N–H and O–H groups in total. The van der Waals surface area contributed by atoms with Gasteiger partial charge in [-0.15, -0.1) is 0 Å². The van der Waals surface area contributed by atoms with Crippen LogP contribution in [0.4, 0.5) is 0 Å². The maximum Gasteiger partial charge on any atom is 0.323 e. The second-order valence-corrected chi connectivity index (χ2v) is 6.93. The van der Waals surface area contributed by atoms with Crippen LogP contribution >= 0.6 is 0 Å². The summed E-state index contributed by atoms with van der Waals surface area (Å²) in [5, 5.41) is 9.02. The standard InChI is InChI=1S/C20H30N2O4/c1-16-7-3-4-9-19(16)26-14-6-12-21-11-5-8-18(10-13-21)22(17(2)23)15-20(24)25/h3-4,7,9,18H,5-6,8,10-15H2,1-2H3,(H,24,25). The SMILES string of the molecule is CC(=O)N(CC(=O)O)C1CCCN(CCCOc2ccccc2C)CC1. The van der Waals surface area contributed by atoms with Crippen molar-refractivity contribution >= 4 is 11.9 Å². The summed E-state index contributed by atoms with van der Waals surface area (Å²) in [7, 11) is 0. The molecular formula is C20H30N2O4. The number of hydrogen-bond donors (Lipinski definition) is 1. The lowest BCUT2D eigenvalue weighted by molar-refractivity contribution is -0.145. The highest BCUT2D eigenvalue weighted by molar-refractivity contribution is 5.79. The number of aryl methyl sites for hydroxylation is 1. The molecule has 1 aliphatic heterocycles. The third kappa shape index (κ3) is 6.33. The zero-order valence-corrected chi connectivity index (χ0v) is 15.8. The van der Waals surface area contributed by atoms with E-state index in [-0.39, 0.29) is 18.5 Å². The van der Waals surface area contributed by atoms with Gasteiger partial charge in [-0.25, -0.2) is 0 Å². The Labute approximate surface area is 155 Å². The second-order valence-electron chi connectivity index (χ2n) is 6.93. The first kappa shape index (κ1) is 20.2. The van der Waals surface area contributed by atoms with Gasteiger partial charge in [0.15, 0.2) is 0 Å². The number of hydrogen-bond acceptors (Lipinski definition) is 4. The summed E-state index contributed by atoms with van der Waals surface area (Å²) in [5.41, 5.74) is 1.15. The molecule has 6 nitrogen and oxygen atoms in total. The molecule has 0 aliphatic carbocycles. The molecule has 1 aromatic rings. The van der Waals surface area contributed by atoms with Gasteiger partial charge in [0.1, 0.15) is 12.3 Å². The van der Waals surface area contributed by atoms with E-state index in [1.54, 1.807) is 0 Å². The summed E-state index contributed by atoms with van der Waals surface area (Å²) < 4.78 is 5.85. The molecule has 1 amide bonds. The Bertz CT molecular complexity index is 605. The number of ether oxygens (including phenoxy) is 1. The Hall–Kier alpha value is -2.08.